The van der Waals surface area contributed by atoms with Crippen molar-refractivity contribution in [2.75, 3.05) is 6.54 Å². The van der Waals surface area contributed by atoms with E-state index >= 15 is 0 Å². The van der Waals surface area contributed by atoms with Gasteiger partial charge in [-0.05, 0) is 48.6 Å². The molecule has 3 nitrogen and oxygen atoms in total. The van der Waals surface area contributed by atoms with E-state index in [2.05, 4.69) is 10.6 Å². The molecule has 1 aromatic carbocycles. The molecular formula is C17H17ClN2OS. The molecule has 1 aliphatic heterocycles. The highest BCUT2D eigenvalue weighted by atomic mass is 35.5. The summed E-state index contributed by atoms with van der Waals surface area (Å²) in [4.78, 5) is 14.3. The molecule has 0 radical (unpaired) electrons. The van der Waals surface area contributed by atoms with Crippen LogP contribution in [0, 0.1) is 5.92 Å². The van der Waals surface area contributed by atoms with Crippen molar-refractivity contribution >= 4 is 28.8 Å². The van der Waals surface area contributed by atoms with E-state index < -0.39 is 0 Å². The second kappa shape index (κ2) is 5.69. The number of piperidine rings is 1. The quantitative estimate of drug-likeness (QED) is 0.902. The maximum absolute atomic E-state index is 12.4. The summed E-state index contributed by atoms with van der Waals surface area (Å²) >= 11 is 7.45. The molecule has 2 aromatic rings. The van der Waals surface area contributed by atoms with Crippen molar-refractivity contribution in [3.8, 4) is 10.4 Å². The van der Waals surface area contributed by atoms with Crippen LogP contribution in [0.15, 0.2) is 36.4 Å². The molecule has 3 unspecified atom stereocenters. The maximum Gasteiger partial charge on any atom is 0.261 e. The molecular weight excluding hydrogens is 316 g/mol. The fourth-order valence-corrected chi connectivity index (χ4v) is 4.52. The zero-order valence-corrected chi connectivity index (χ0v) is 13.6. The monoisotopic (exact) mass is 332 g/mol. The molecule has 0 spiro atoms. The largest absolute Gasteiger partial charge is 0.348 e. The van der Waals surface area contributed by atoms with Gasteiger partial charge in [-0.15, -0.1) is 11.3 Å². The van der Waals surface area contributed by atoms with Crippen LogP contribution in [0.25, 0.3) is 10.4 Å². The number of carbonyl (C=O) groups is 1. The molecule has 2 bridgehead atoms. The highest BCUT2D eigenvalue weighted by Crippen LogP contribution is 2.32. The van der Waals surface area contributed by atoms with E-state index in [9.17, 15) is 4.79 Å². The second-order valence-electron chi connectivity index (χ2n) is 6.09. The highest BCUT2D eigenvalue weighted by Gasteiger charge is 2.40. The van der Waals surface area contributed by atoms with Crippen molar-refractivity contribution in [2.24, 2.45) is 5.92 Å². The molecule has 5 heteroatoms. The Morgan fingerprint density at radius 2 is 2.00 bits per heavy atom. The summed E-state index contributed by atoms with van der Waals surface area (Å²) in [6, 6.07) is 12.6. The van der Waals surface area contributed by atoms with Gasteiger partial charge in [-0.2, -0.15) is 0 Å². The van der Waals surface area contributed by atoms with Gasteiger partial charge in [-0.25, -0.2) is 0 Å². The van der Waals surface area contributed by atoms with E-state index in [4.69, 9.17) is 11.6 Å². The minimum atomic E-state index is 0.0581. The van der Waals surface area contributed by atoms with Crippen molar-refractivity contribution in [1.82, 2.24) is 10.6 Å². The van der Waals surface area contributed by atoms with E-state index in [0.717, 1.165) is 33.3 Å². The number of benzene rings is 1. The summed E-state index contributed by atoms with van der Waals surface area (Å²) in [6.07, 6.45) is 2.26. The summed E-state index contributed by atoms with van der Waals surface area (Å²) in [6.45, 7) is 1.04. The molecule has 1 aromatic heterocycles. The number of halogens is 1. The van der Waals surface area contributed by atoms with Crippen LogP contribution in [0.4, 0.5) is 0 Å². The van der Waals surface area contributed by atoms with Gasteiger partial charge in [0.15, 0.2) is 0 Å². The number of amides is 1. The fraction of sp³-hybridized carbons (Fsp3) is 0.353. The zero-order chi connectivity index (χ0) is 15.1. The average Bonchev–Trinajstić information content (AvgIpc) is 3.24. The van der Waals surface area contributed by atoms with Crippen LogP contribution in [0.1, 0.15) is 22.5 Å². The molecule has 1 saturated heterocycles. The molecule has 2 fully saturated rings. The Morgan fingerprint density at radius 1 is 1.18 bits per heavy atom. The maximum atomic E-state index is 12.4. The molecule has 1 saturated carbocycles. The van der Waals surface area contributed by atoms with E-state index in [1.54, 1.807) is 0 Å². The lowest BCUT2D eigenvalue weighted by molar-refractivity contribution is 0.0929. The lowest BCUT2D eigenvalue weighted by atomic mass is 10.0. The van der Waals surface area contributed by atoms with Crippen LogP contribution in [-0.2, 0) is 0 Å². The zero-order valence-electron chi connectivity index (χ0n) is 12.0. The van der Waals surface area contributed by atoms with Gasteiger partial charge < -0.3 is 10.6 Å². The van der Waals surface area contributed by atoms with Crippen LogP contribution in [0.2, 0.25) is 5.02 Å². The van der Waals surface area contributed by atoms with Crippen LogP contribution in [0.5, 0.6) is 0 Å². The summed E-state index contributed by atoms with van der Waals surface area (Å²) in [5, 5.41) is 7.41. The van der Waals surface area contributed by atoms with Gasteiger partial charge in [0, 0.05) is 28.5 Å². The highest BCUT2D eigenvalue weighted by molar-refractivity contribution is 7.17. The molecule has 4 rings (SSSR count). The lowest BCUT2D eigenvalue weighted by Crippen LogP contribution is -2.43. The Balaban J connectivity index is 1.46. The number of hydrogen-bond acceptors (Lipinski definition) is 3. The number of carbonyl (C=O) groups excluding carboxylic acids is 1. The first-order valence-electron chi connectivity index (χ1n) is 7.59. The molecule has 2 aliphatic rings. The van der Waals surface area contributed by atoms with E-state index in [-0.39, 0.29) is 5.91 Å². The van der Waals surface area contributed by atoms with Gasteiger partial charge in [0.1, 0.15) is 0 Å². The first kappa shape index (κ1) is 14.2. The van der Waals surface area contributed by atoms with Crippen LogP contribution in [-0.4, -0.2) is 24.5 Å². The standard InChI is InChI=1S/C17H17ClN2OS/c18-12-3-1-10(2-4-12)15-5-6-16(22-15)17(21)20-14-8-13-7-11(14)9-19-13/h1-6,11,13-14,19H,7-9H2,(H,20,21). The Kier molecular flexibility index (Phi) is 3.68. The van der Waals surface area contributed by atoms with E-state index in [1.165, 1.54) is 17.8 Å². The smallest absolute Gasteiger partial charge is 0.261 e. The Bertz CT molecular complexity index is 697. The fourth-order valence-electron chi connectivity index (χ4n) is 3.48. The number of fused-ring (bicyclic) bond motifs is 2. The number of nitrogens with one attached hydrogen (secondary N) is 2. The van der Waals surface area contributed by atoms with Crippen molar-refractivity contribution < 1.29 is 4.79 Å². The number of thiophene rings is 1. The van der Waals surface area contributed by atoms with Gasteiger partial charge in [-0.1, -0.05) is 23.7 Å². The first-order chi connectivity index (χ1) is 10.7. The van der Waals surface area contributed by atoms with Gasteiger partial charge in [0.05, 0.1) is 4.88 Å². The summed E-state index contributed by atoms with van der Waals surface area (Å²) in [5.74, 6) is 0.660. The Labute approximate surface area is 138 Å². The average molecular weight is 333 g/mol. The van der Waals surface area contributed by atoms with Gasteiger partial charge in [-0.3, -0.25) is 4.79 Å². The minimum Gasteiger partial charge on any atom is -0.348 e. The summed E-state index contributed by atoms with van der Waals surface area (Å²) < 4.78 is 0. The van der Waals surface area contributed by atoms with Gasteiger partial charge in [0.2, 0.25) is 0 Å². The Hall–Kier alpha value is -1.36. The molecule has 114 valence electrons. The van der Waals surface area contributed by atoms with Crippen molar-refractivity contribution in [1.29, 1.82) is 0 Å². The molecule has 2 N–H and O–H groups in total. The minimum absolute atomic E-state index is 0.0581. The van der Waals surface area contributed by atoms with E-state index in [1.807, 2.05) is 36.4 Å². The first-order valence-corrected chi connectivity index (χ1v) is 8.78. The number of rotatable bonds is 3. The van der Waals surface area contributed by atoms with Gasteiger partial charge >= 0.3 is 0 Å². The van der Waals surface area contributed by atoms with Crippen molar-refractivity contribution in [3.05, 3.63) is 46.3 Å². The van der Waals surface area contributed by atoms with E-state index in [0.29, 0.717) is 18.0 Å². The van der Waals surface area contributed by atoms with Crippen molar-refractivity contribution in [3.63, 3.8) is 0 Å². The third kappa shape index (κ3) is 2.67. The van der Waals surface area contributed by atoms with Crippen molar-refractivity contribution in [2.45, 2.75) is 24.9 Å². The normalized spacial score (nSPS) is 26.3. The van der Waals surface area contributed by atoms with Crippen LogP contribution < -0.4 is 10.6 Å². The predicted octanol–water partition coefficient (Wildman–Crippen LogP) is 3.55. The molecule has 22 heavy (non-hydrogen) atoms. The van der Waals surface area contributed by atoms with Crippen LogP contribution in [0.3, 0.4) is 0 Å². The van der Waals surface area contributed by atoms with Crippen LogP contribution >= 0.6 is 22.9 Å². The third-order valence-electron chi connectivity index (χ3n) is 4.64. The third-order valence-corrected chi connectivity index (χ3v) is 6.02. The topological polar surface area (TPSA) is 41.1 Å². The summed E-state index contributed by atoms with van der Waals surface area (Å²) in [5.41, 5.74) is 1.09. The number of hydrogen-bond donors (Lipinski definition) is 2. The SMILES string of the molecule is O=C(NC1CC2CC1CN2)c1ccc(-c2ccc(Cl)cc2)s1. The second-order valence-corrected chi connectivity index (χ2v) is 7.61. The van der Waals surface area contributed by atoms with Gasteiger partial charge in [0.25, 0.3) is 5.91 Å². The Morgan fingerprint density at radius 3 is 2.68 bits per heavy atom. The molecule has 1 amide bonds. The lowest BCUT2D eigenvalue weighted by Gasteiger charge is -2.23. The molecule has 3 atom stereocenters. The summed E-state index contributed by atoms with van der Waals surface area (Å²) in [7, 11) is 0. The molecule has 1 aliphatic carbocycles. The predicted molar refractivity (Wildman–Crippen MR) is 90.5 cm³/mol. The molecule has 2 heterocycles.